The fourth-order valence-electron chi connectivity index (χ4n) is 3.44. The van der Waals surface area contributed by atoms with E-state index < -0.39 is 0 Å². The third-order valence-corrected chi connectivity index (χ3v) is 5.63. The van der Waals surface area contributed by atoms with E-state index in [0.717, 1.165) is 24.2 Å². The lowest BCUT2D eigenvalue weighted by Gasteiger charge is -2.44. The van der Waals surface area contributed by atoms with Gasteiger partial charge in [0.1, 0.15) is 5.82 Å². The lowest BCUT2D eigenvalue weighted by Crippen LogP contribution is -2.57. The van der Waals surface area contributed by atoms with E-state index >= 15 is 0 Å². The second kappa shape index (κ2) is 9.08. The average Bonchev–Trinajstić information content (AvgIpc) is 2.65. The molecule has 3 rings (SSSR count). The fraction of sp³-hybridized carbons (Fsp3) is 0.318. The molecule has 1 aliphatic heterocycles. The third kappa shape index (κ3) is 5.13. The molecule has 0 N–H and O–H groups in total. The molecule has 1 heterocycles. The molecule has 2 atom stereocenters. The molecule has 0 aromatic heterocycles. The molecule has 0 spiro atoms. The molecule has 0 saturated carbocycles. The summed E-state index contributed by atoms with van der Waals surface area (Å²) in [4.78, 5) is 16.9. The number of nitrogens with zero attached hydrogens (tertiary/aromatic N) is 2. The first-order valence-electron chi connectivity index (χ1n) is 9.25. The monoisotopic (exact) mass is 420 g/mol. The van der Waals surface area contributed by atoms with Gasteiger partial charge in [0.25, 0.3) is 0 Å². The van der Waals surface area contributed by atoms with Gasteiger partial charge in [-0.2, -0.15) is 0 Å². The summed E-state index contributed by atoms with van der Waals surface area (Å²) in [6, 6.07) is 12.1. The van der Waals surface area contributed by atoms with Crippen LogP contribution in [0.4, 0.5) is 4.39 Å². The summed E-state index contributed by atoms with van der Waals surface area (Å²) in [5.41, 5.74) is 1.83. The molecule has 2 aromatic rings. The first kappa shape index (κ1) is 20.8. The van der Waals surface area contributed by atoms with Gasteiger partial charge in [0.2, 0.25) is 5.91 Å². The van der Waals surface area contributed by atoms with Gasteiger partial charge in [0, 0.05) is 47.8 Å². The second-order valence-electron chi connectivity index (χ2n) is 7.24. The number of piperazine rings is 1. The fourth-order valence-corrected chi connectivity index (χ4v) is 3.91. The summed E-state index contributed by atoms with van der Waals surface area (Å²) in [6.07, 6.45) is 3.29. The molecule has 28 heavy (non-hydrogen) atoms. The van der Waals surface area contributed by atoms with Gasteiger partial charge in [-0.1, -0.05) is 41.4 Å². The number of hydrogen-bond donors (Lipinski definition) is 0. The van der Waals surface area contributed by atoms with Crippen LogP contribution in [0.15, 0.2) is 48.5 Å². The molecule has 148 valence electrons. The summed E-state index contributed by atoms with van der Waals surface area (Å²) in [5.74, 6) is -0.264. The highest BCUT2D eigenvalue weighted by atomic mass is 35.5. The van der Waals surface area contributed by atoms with Crippen molar-refractivity contribution in [3.8, 4) is 0 Å². The Kier molecular flexibility index (Phi) is 6.76. The summed E-state index contributed by atoms with van der Waals surface area (Å²) in [7, 11) is 0. The van der Waals surface area contributed by atoms with Gasteiger partial charge in [0.15, 0.2) is 0 Å². The molecule has 1 fully saturated rings. The van der Waals surface area contributed by atoms with E-state index in [-0.39, 0.29) is 23.8 Å². The van der Waals surface area contributed by atoms with E-state index in [4.69, 9.17) is 23.2 Å². The largest absolute Gasteiger partial charge is 0.334 e. The average molecular weight is 421 g/mol. The van der Waals surface area contributed by atoms with Gasteiger partial charge < -0.3 is 4.90 Å². The van der Waals surface area contributed by atoms with E-state index in [1.807, 2.05) is 24.0 Å². The molecule has 1 aliphatic rings. The van der Waals surface area contributed by atoms with Crippen molar-refractivity contribution in [1.29, 1.82) is 0 Å². The number of rotatable bonds is 4. The summed E-state index contributed by atoms with van der Waals surface area (Å²) >= 11 is 12.1. The van der Waals surface area contributed by atoms with Crippen LogP contribution >= 0.6 is 23.2 Å². The first-order chi connectivity index (χ1) is 13.3. The minimum atomic E-state index is -0.229. The predicted molar refractivity (Wildman–Crippen MR) is 113 cm³/mol. The van der Waals surface area contributed by atoms with Gasteiger partial charge in [-0.25, -0.2) is 4.39 Å². The van der Waals surface area contributed by atoms with Crippen LogP contribution in [-0.2, 0) is 11.3 Å². The topological polar surface area (TPSA) is 23.6 Å². The van der Waals surface area contributed by atoms with Crippen molar-refractivity contribution in [2.75, 3.05) is 13.1 Å². The molecule has 2 unspecified atom stereocenters. The van der Waals surface area contributed by atoms with Crippen LogP contribution in [0, 0.1) is 5.82 Å². The number of benzene rings is 2. The van der Waals surface area contributed by atoms with Crippen LogP contribution in [0.2, 0.25) is 10.0 Å². The number of hydrogen-bond acceptors (Lipinski definition) is 2. The first-order valence-corrected chi connectivity index (χ1v) is 10.0. The predicted octanol–water partition coefficient (Wildman–Crippen LogP) is 5.27. The molecule has 0 bridgehead atoms. The Bertz CT molecular complexity index is 869. The normalized spacial score (nSPS) is 20.7. The Labute approximate surface area is 175 Å². The van der Waals surface area contributed by atoms with Crippen LogP contribution in [0.25, 0.3) is 6.08 Å². The van der Waals surface area contributed by atoms with Crippen LogP contribution in [0.5, 0.6) is 0 Å². The minimum Gasteiger partial charge on any atom is -0.334 e. The van der Waals surface area contributed by atoms with Crippen LogP contribution in [0.1, 0.15) is 25.0 Å². The van der Waals surface area contributed by atoms with Gasteiger partial charge in [-0.3, -0.25) is 9.69 Å². The Morgan fingerprint density at radius 1 is 1.11 bits per heavy atom. The number of halogens is 3. The Balaban J connectivity index is 1.63. The highest BCUT2D eigenvalue weighted by Crippen LogP contribution is 2.23. The maximum atomic E-state index is 13.1. The van der Waals surface area contributed by atoms with Crippen molar-refractivity contribution >= 4 is 35.2 Å². The van der Waals surface area contributed by atoms with Crippen molar-refractivity contribution in [3.63, 3.8) is 0 Å². The highest BCUT2D eigenvalue weighted by Gasteiger charge is 2.30. The molecule has 0 radical (unpaired) electrons. The maximum absolute atomic E-state index is 13.1. The van der Waals surface area contributed by atoms with E-state index in [0.29, 0.717) is 16.6 Å². The van der Waals surface area contributed by atoms with Crippen molar-refractivity contribution in [1.82, 2.24) is 9.80 Å². The van der Waals surface area contributed by atoms with E-state index in [2.05, 4.69) is 11.8 Å². The molecular weight excluding hydrogens is 398 g/mol. The zero-order chi connectivity index (χ0) is 20.3. The van der Waals surface area contributed by atoms with E-state index in [9.17, 15) is 9.18 Å². The molecule has 3 nitrogen and oxygen atoms in total. The Hall–Kier alpha value is -1.88. The van der Waals surface area contributed by atoms with Gasteiger partial charge in [0.05, 0.1) is 0 Å². The lowest BCUT2D eigenvalue weighted by atomic mass is 10.1. The van der Waals surface area contributed by atoms with Gasteiger partial charge >= 0.3 is 0 Å². The Morgan fingerprint density at radius 3 is 2.50 bits per heavy atom. The van der Waals surface area contributed by atoms with Crippen molar-refractivity contribution < 1.29 is 9.18 Å². The highest BCUT2D eigenvalue weighted by molar-refractivity contribution is 6.35. The summed E-state index contributed by atoms with van der Waals surface area (Å²) < 4.78 is 13.1. The zero-order valence-electron chi connectivity index (χ0n) is 15.9. The minimum absolute atomic E-state index is 0.0354. The molecule has 1 amide bonds. The van der Waals surface area contributed by atoms with Crippen molar-refractivity contribution in [2.24, 2.45) is 0 Å². The molecular formula is C22H23Cl2FN2O. The van der Waals surface area contributed by atoms with Crippen LogP contribution in [0.3, 0.4) is 0 Å². The quantitative estimate of drug-likeness (QED) is 0.629. The zero-order valence-corrected chi connectivity index (χ0v) is 17.4. The summed E-state index contributed by atoms with van der Waals surface area (Å²) in [5, 5.41) is 1.08. The van der Waals surface area contributed by atoms with Crippen LogP contribution < -0.4 is 0 Å². The third-order valence-electron chi connectivity index (χ3n) is 5.07. The number of carbonyl (C=O) groups is 1. The van der Waals surface area contributed by atoms with Gasteiger partial charge in [-0.05, 0) is 55.3 Å². The van der Waals surface area contributed by atoms with E-state index in [1.165, 1.54) is 12.1 Å². The number of amides is 1. The van der Waals surface area contributed by atoms with Crippen LogP contribution in [-0.4, -0.2) is 40.9 Å². The second-order valence-corrected chi connectivity index (χ2v) is 8.09. The lowest BCUT2D eigenvalue weighted by molar-refractivity contribution is -0.131. The number of carbonyl (C=O) groups excluding carboxylic acids is 1. The Morgan fingerprint density at radius 2 is 1.82 bits per heavy atom. The van der Waals surface area contributed by atoms with Crippen molar-refractivity contribution in [3.05, 3.63) is 75.5 Å². The molecule has 6 heteroatoms. The molecule has 1 saturated heterocycles. The van der Waals surface area contributed by atoms with E-state index in [1.54, 1.807) is 30.4 Å². The smallest absolute Gasteiger partial charge is 0.246 e. The summed E-state index contributed by atoms with van der Waals surface area (Å²) in [6.45, 7) is 6.30. The SMILES string of the molecule is CC1CN(C(=O)/C=C/c2ccc(Cl)cc2Cl)C(C)CN1Cc1ccc(F)cc1. The van der Waals surface area contributed by atoms with Gasteiger partial charge in [-0.15, -0.1) is 0 Å². The molecule has 2 aromatic carbocycles. The van der Waals surface area contributed by atoms with Crippen molar-refractivity contribution in [2.45, 2.75) is 32.5 Å². The molecule has 0 aliphatic carbocycles. The maximum Gasteiger partial charge on any atom is 0.246 e. The standard InChI is InChI=1S/C22H23Cl2FN2O/c1-15-13-27(22(28)10-6-18-5-7-19(23)11-21(18)24)16(2)12-26(15)14-17-3-8-20(25)9-4-17/h3-11,15-16H,12-14H2,1-2H3/b10-6+.